The standard InChI is InChI=1S/C13H19NO4/c1-3-5-18-11(17)14-8-12(4-2)6-13(7-12,9-14)10(15)16/h3H,1,4-9H2,2H3,(H,15,16). The highest BCUT2D eigenvalue weighted by Gasteiger charge is 2.63. The van der Waals surface area contributed by atoms with Crippen LogP contribution in [-0.4, -0.2) is 41.8 Å². The van der Waals surface area contributed by atoms with E-state index in [0.29, 0.717) is 19.4 Å². The van der Waals surface area contributed by atoms with Gasteiger partial charge in [0.15, 0.2) is 0 Å². The van der Waals surface area contributed by atoms with Crippen molar-refractivity contribution in [1.29, 1.82) is 0 Å². The number of aliphatic carboxylic acids is 1. The molecule has 2 bridgehead atoms. The summed E-state index contributed by atoms with van der Waals surface area (Å²) >= 11 is 0. The Hall–Kier alpha value is -1.52. The molecule has 0 spiro atoms. The fraction of sp³-hybridized carbons (Fsp3) is 0.692. The Morgan fingerprint density at radius 2 is 2.11 bits per heavy atom. The van der Waals surface area contributed by atoms with E-state index in [1.54, 1.807) is 0 Å². The quantitative estimate of drug-likeness (QED) is 0.777. The van der Waals surface area contributed by atoms with Crippen LogP contribution in [0.5, 0.6) is 0 Å². The van der Waals surface area contributed by atoms with E-state index in [-0.39, 0.29) is 18.6 Å². The molecule has 5 heteroatoms. The monoisotopic (exact) mass is 253 g/mol. The van der Waals surface area contributed by atoms with Gasteiger partial charge in [0, 0.05) is 13.1 Å². The maximum atomic E-state index is 11.8. The van der Waals surface area contributed by atoms with E-state index < -0.39 is 17.5 Å². The molecular formula is C13H19NO4. The van der Waals surface area contributed by atoms with Crippen LogP contribution in [0.4, 0.5) is 4.79 Å². The zero-order valence-electron chi connectivity index (χ0n) is 10.6. The van der Waals surface area contributed by atoms with Crippen LogP contribution in [0.25, 0.3) is 0 Å². The molecular weight excluding hydrogens is 234 g/mol. The first-order valence-corrected chi connectivity index (χ1v) is 6.23. The van der Waals surface area contributed by atoms with Gasteiger partial charge in [0.25, 0.3) is 0 Å². The van der Waals surface area contributed by atoms with E-state index in [9.17, 15) is 14.7 Å². The molecule has 0 aromatic heterocycles. The van der Waals surface area contributed by atoms with Crippen LogP contribution < -0.4 is 0 Å². The molecule has 18 heavy (non-hydrogen) atoms. The lowest BCUT2D eigenvalue weighted by atomic mass is 9.49. The van der Waals surface area contributed by atoms with Gasteiger partial charge >= 0.3 is 12.1 Å². The van der Waals surface area contributed by atoms with Crippen LogP contribution in [0, 0.1) is 10.8 Å². The number of piperidine rings is 2. The van der Waals surface area contributed by atoms with E-state index in [0.717, 1.165) is 6.42 Å². The van der Waals surface area contributed by atoms with E-state index in [4.69, 9.17) is 4.74 Å². The van der Waals surface area contributed by atoms with Gasteiger partial charge in [-0.25, -0.2) is 4.79 Å². The molecule has 5 nitrogen and oxygen atoms in total. The van der Waals surface area contributed by atoms with Crippen molar-refractivity contribution in [3.63, 3.8) is 0 Å². The molecule has 2 aliphatic heterocycles. The predicted octanol–water partition coefficient (Wildman–Crippen LogP) is 1.89. The van der Waals surface area contributed by atoms with Crippen molar-refractivity contribution in [3.8, 4) is 0 Å². The van der Waals surface area contributed by atoms with E-state index in [2.05, 4.69) is 6.58 Å². The Morgan fingerprint density at radius 1 is 1.44 bits per heavy atom. The lowest BCUT2D eigenvalue weighted by molar-refractivity contribution is -0.183. The minimum absolute atomic E-state index is 0.0240. The smallest absolute Gasteiger partial charge is 0.410 e. The largest absolute Gasteiger partial charge is 0.481 e. The SMILES string of the molecule is C=CCOC(=O)N1CC2(CC)CC(C(=O)O)(C1)C2. The fourth-order valence-corrected chi connectivity index (χ4v) is 3.36. The second-order valence-corrected chi connectivity index (χ2v) is 5.51. The third kappa shape index (κ3) is 1.87. The molecule has 3 rings (SSSR count). The zero-order chi connectivity index (χ0) is 13.4. The number of rotatable bonds is 4. The lowest BCUT2D eigenvalue weighted by Gasteiger charge is -2.61. The molecule has 3 fully saturated rings. The molecule has 1 saturated carbocycles. The van der Waals surface area contributed by atoms with Crippen molar-refractivity contribution in [1.82, 2.24) is 4.90 Å². The summed E-state index contributed by atoms with van der Waals surface area (Å²) in [7, 11) is 0. The van der Waals surface area contributed by atoms with Gasteiger partial charge in [0.1, 0.15) is 6.61 Å². The summed E-state index contributed by atoms with van der Waals surface area (Å²) in [6, 6.07) is 0. The first-order valence-electron chi connectivity index (χ1n) is 6.23. The number of ether oxygens (including phenoxy) is 1. The van der Waals surface area contributed by atoms with Crippen molar-refractivity contribution in [3.05, 3.63) is 12.7 Å². The molecule has 1 N–H and O–H groups in total. The number of carbonyl (C=O) groups is 2. The van der Waals surface area contributed by atoms with Crippen molar-refractivity contribution in [2.75, 3.05) is 19.7 Å². The number of hydrogen-bond acceptors (Lipinski definition) is 3. The van der Waals surface area contributed by atoms with Gasteiger partial charge in [0.05, 0.1) is 5.41 Å². The van der Waals surface area contributed by atoms with Crippen LogP contribution in [-0.2, 0) is 9.53 Å². The summed E-state index contributed by atoms with van der Waals surface area (Å²) in [6.45, 7) is 6.56. The maximum Gasteiger partial charge on any atom is 0.410 e. The minimum atomic E-state index is -0.798. The van der Waals surface area contributed by atoms with Crippen LogP contribution in [0.3, 0.4) is 0 Å². The minimum Gasteiger partial charge on any atom is -0.481 e. The molecule has 3 aliphatic rings. The average molecular weight is 253 g/mol. The third-order valence-electron chi connectivity index (χ3n) is 4.23. The van der Waals surface area contributed by atoms with Crippen molar-refractivity contribution >= 4 is 12.1 Å². The van der Waals surface area contributed by atoms with Gasteiger partial charge in [0.2, 0.25) is 0 Å². The van der Waals surface area contributed by atoms with E-state index >= 15 is 0 Å². The summed E-state index contributed by atoms with van der Waals surface area (Å²) in [4.78, 5) is 24.7. The number of amides is 1. The molecule has 1 amide bonds. The molecule has 0 atom stereocenters. The summed E-state index contributed by atoms with van der Waals surface area (Å²) in [5.41, 5.74) is -0.773. The molecule has 0 radical (unpaired) electrons. The van der Waals surface area contributed by atoms with Crippen molar-refractivity contribution < 1.29 is 19.4 Å². The molecule has 1 aliphatic carbocycles. The maximum absolute atomic E-state index is 11.8. The van der Waals surface area contributed by atoms with Crippen LogP contribution in [0.15, 0.2) is 12.7 Å². The normalized spacial score (nSPS) is 33.5. The predicted molar refractivity (Wildman–Crippen MR) is 65.1 cm³/mol. The highest BCUT2D eigenvalue weighted by atomic mass is 16.6. The Morgan fingerprint density at radius 3 is 2.61 bits per heavy atom. The molecule has 0 unspecified atom stereocenters. The van der Waals surface area contributed by atoms with E-state index in [1.807, 2.05) is 6.92 Å². The highest BCUT2D eigenvalue weighted by molar-refractivity contribution is 5.79. The molecule has 2 heterocycles. The third-order valence-corrected chi connectivity index (χ3v) is 4.23. The summed E-state index contributed by atoms with van der Waals surface area (Å²) < 4.78 is 4.99. The van der Waals surface area contributed by atoms with Gasteiger partial charge in [-0.1, -0.05) is 19.6 Å². The van der Waals surface area contributed by atoms with Gasteiger partial charge in [-0.2, -0.15) is 0 Å². The zero-order valence-corrected chi connectivity index (χ0v) is 10.6. The summed E-state index contributed by atoms with van der Waals surface area (Å²) in [5, 5.41) is 9.33. The Bertz CT molecular complexity index is 384. The number of hydrogen-bond donors (Lipinski definition) is 1. The highest BCUT2D eigenvalue weighted by Crippen LogP contribution is 2.60. The van der Waals surface area contributed by atoms with Crippen LogP contribution in [0.1, 0.15) is 26.2 Å². The average Bonchev–Trinajstić information content (AvgIpc) is 2.34. The van der Waals surface area contributed by atoms with Gasteiger partial charge in [-0.15, -0.1) is 0 Å². The molecule has 100 valence electrons. The number of fused-ring (bicyclic) bond motifs is 2. The molecule has 0 aromatic carbocycles. The van der Waals surface area contributed by atoms with Crippen LogP contribution >= 0.6 is 0 Å². The first-order chi connectivity index (χ1) is 8.47. The first kappa shape index (κ1) is 12.9. The van der Waals surface area contributed by atoms with Crippen LogP contribution in [0.2, 0.25) is 0 Å². The second kappa shape index (κ2) is 4.30. The van der Waals surface area contributed by atoms with Gasteiger partial charge in [-0.05, 0) is 24.7 Å². The molecule has 0 aromatic rings. The van der Waals surface area contributed by atoms with Gasteiger partial charge < -0.3 is 14.7 Å². The number of carboxylic acid groups (broad SMARTS) is 1. The molecule has 2 saturated heterocycles. The Balaban J connectivity index is 2.08. The van der Waals surface area contributed by atoms with E-state index in [1.165, 1.54) is 11.0 Å². The number of carboxylic acids is 1. The lowest BCUT2D eigenvalue weighted by Crippen LogP contribution is -2.66. The second-order valence-electron chi connectivity index (χ2n) is 5.51. The van der Waals surface area contributed by atoms with Crippen molar-refractivity contribution in [2.45, 2.75) is 26.2 Å². The summed E-state index contributed by atoms with van der Waals surface area (Å²) in [6.07, 6.45) is 3.32. The Kier molecular flexibility index (Phi) is 3.09. The van der Waals surface area contributed by atoms with Gasteiger partial charge in [-0.3, -0.25) is 4.79 Å². The summed E-state index contributed by atoms with van der Waals surface area (Å²) in [5.74, 6) is -0.798. The topological polar surface area (TPSA) is 66.8 Å². The Labute approximate surface area is 106 Å². The fourth-order valence-electron chi connectivity index (χ4n) is 3.36. The number of nitrogens with zero attached hydrogens (tertiary/aromatic N) is 1. The number of carbonyl (C=O) groups excluding carboxylic acids is 1. The van der Waals surface area contributed by atoms with Crippen molar-refractivity contribution in [2.24, 2.45) is 10.8 Å².